The van der Waals surface area contributed by atoms with Crippen LogP contribution in [0, 0.1) is 5.92 Å². The van der Waals surface area contributed by atoms with E-state index in [4.69, 9.17) is 0 Å². The summed E-state index contributed by atoms with van der Waals surface area (Å²) in [5.74, 6) is 0.725. The van der Waals surface area contributed by atoms with Gasteiger partial charge in [0.25, 0.3) is 0 Å². The van der Waals surface area contributed by atoms with Gasteiger partial charge in [-0.3, -0.25) is 0 Å². The van der Waals surface area contributed by atoms with Crippen molar-refractivity contribution < 1.29 is 0 Å². The van der Waals surface area contributed by atoms with E-state index in [0.29, 0.717) is 6.04 Å². The van der Waals surface area contributed by atoms with Crippen molar-refractivity contribution in [3.63, 3.8) is 0 Å². The van der Waals surface area contributed by atoms with Crippen LogP contribution < -0.4 is 10.6 Å². The van der Waals surface area contributed by atoms with E-state index < -0.39 is 0 Å². The lowest BCUT2D eigenvalue weighted by molar-refractivity contribution is 0.540. The number of allylic oxidation sites excluding steroid dienone is 3. The molecule has 20 heavy (non-hydrogen) atoms. The highest BCUT2D eigenvalue weighted by Crippen LogP contribution is 2.19. The fourth-order valence-corrected chi connectivity index (χ4v) is 2.57. The highest BCUT2D eigenvalue weighted by Gasteiger charge is 2.05. The zero-order valence-corrected chi connectivity index (χ0v) is 12.8. The Morgan fingerprint density at radius 3 is 2.30 bits per heavy atom. The first-order chi connectivity index (χ1) is 9.63. The average Bonchev–Trinajstić information content (AvgIpc) is 2.41. The second-order valence-electron chi connectivity index (χ2n) is 6.02. The summed E-state index contributed by atoms with van der Waals surface area (Å²) in [6.45, 7) is 6.76. The van der Waals surface area contributed by atoms with E-state index in [-0.39, 0.29) is 0 Å². The molecule has 0 heterocycles. The van der Waals surface area contributed by atoms with Gasteiger partial charge in [-0.2, -0.15) is 0 Å². The first-order valence-corrected chi connectivity index (χ1v) is 7.64. The summed E-state index contributed by atoms with van der Waals surface area (Å²) in [6.07, 6.45) is 10.1. The topological polar surface area (TPSA) is 24.1 Å². The van der Waals surface area contributed by atoms with Crippen molar-refractivity contribution in [2.24, 2.45) is 5.92 Å². The molecule has 1 aliphatic carbocycles. The standard InChI is InChI=1S/C18H26N2/c1-14(2)13-15(3)19-17-9-11-18(12-10-17)20-16-7-5-4-6-8-16/h5,7-12,14-15,19-20H,4,6,13H2,1-3H3. The largest absolute Gasteiger partial charge is 0.383 e. The molecule has 0 saturated heterocycles. The Labute approximate surface area is 123 Å². The minimum atomic E-state index is 0.512. The summed E-state index contributed by atoms with van der Waals surface area (Å²) in [7, 11) is 0. The Morgan fingerprint density at radius 2 is 1.70 bits per heavy atom. The maximum absolute atomic E-state index is 3.55. The van der Waals surface area contributed by atoms with Crippen LogP contribution in [0.4, 0.5) is 11.4 Å². The Bertz CT molecular complexity index is 469. The second kappa shape index (κ2) is 7.18. The van der Waals surface area contributed by atoms with E-state index in [9.17, 15) is 0 Å². The van der Waals surface area contributed by atoms with E-state index in [2.05, 4.69) is 73.9 Å². The molecule has 0 fully saturated rings. The molecule has 2 heteroatoms. The lowest BCUT2D eigenvalue weighted by Gasteiger charge is -2.17. The van der Waals surface area contributed by atoms with Gasteiger partial charge in [0.2, 0.25) is 0 Å². The molecule has 0 radical (unpaired) electrons. The maximum Gasteiger partial charge on any atom is 0.0385 e. The zero-order chi connectivity index (χ0) is 14.4. The van der Waals surface area contributed by atoms with Crippen molar-refractivity contribution in [1.29, 1.82) is 0 Å². The lowest BCUT2D eigenvalue weighted by Crippen LogP contribution is -2.17. The van der Waals surface area contributed by atoms with Crippen LogP contribution in [0.2, 0.25) is 0 Å². The summed E-state index contributed by atoms with van der Waals surface area (Å²) >= 11 is 0. The Hall–Kier alpha value is -1.70. The zero-order valence-electron chi connectivity index (χ0n) is 12.8. The number of hydrogen-bond acceptors (Lipinski definition) is 2. The molecule has 2 rings (SSSR count). The number of benzene rings is 1. The third-order valence-corrected chi connectivity index (χ3v) is 3.41. The van der Waals surface area contributed by atoms with E-state index >= 15 is 0 Å². The van der Waals surface area contributed by atoms with Crippen molar-refractivity contribution in [2.45, 2.75) is 46.1 Å². The number of rotatable bonds is 6. The Balaban J connectivity index is 1.89. The molecule has 1 aromatic rings. The molecule has 0 spiro atoms. The fraction of sp³-hybridized carbons (Fsp3) is 0.444. The van der Waals surface area contributed by atoms with Crippen molar-refractivity contribution >= 4 is 11.4 Å². The molecule has 1 aromatic carbocycles. The molecule has 2 N–H and O–H groups in total. The van der Waals surface area contributed by atoms with Gasteiger partial charge in [0.05, 0.1) is 0 Å². The van der Waals surface area contributed by atoms with Crippen LogP contribution in [-0.2, 0) is 0 Å². The second-order valence-corrected chi connectivity index (χ2v) is 6.02. The summed E-state index contributed by atoms with van der Waals surface area (Å²) in [4.78, 5) is 0. The van der Waals surface area contributed by atoms with Crippen LogP contribution >= 0.6 is 0 Å². The van der Waals surface area contributed by atoms with Crippen LogP contribution in [-0.4, -0.2) is 6.04 Å². The molecule has 1 unspecified atom stereocenters. The number of nitrogens with one attached hydrogen (secondary N) is 2. The molecule has 1 atom stereocenters. The Morgan fingerprint density at radius 1 is 1.00 bits per heavy atom. The van der Waals surface area contributed by atoms with Gasteiger partial charge >= 0.3 is 0 Å². The highest BCUT2D eigenvalue weighted by atomic mass is 14.9. The first-order valence-electron chi connectivity index (χ1n) is 7.64. The third-order valence-electron chi connectivity index (χ3n) is 3.41. The summed E-state index contributed by atoms with van der Waals surface area (Å²) < 4.78 is 0. The number of hydrogen-bond donors (Lipinski definition) is 2. The fourth-order valence-electron chi connectivity index (χ4n) is 2.57. The Kier molecular flexibility index (Phi) is 5.28. The summed E-state index contributed by atoms with van der Waals surface area (Å²) in [6, 6.07) is 9.07. The molecule has 2 nitrogen and oxygen atoms in total. The van der Waals surface area contributed by atoms with E-state index in [1.54, 1.807) is 0 Å². The SMILES string of the molecule is CC(C)CC(C)Nc1ccc(NC2=CCCC=C2)cc1. The van der Waals surface area contributed by atoms with Gasteiger partial charge in [-0.25, -0.2) is 0 Å². The molecule has 0 aromatic heterocycles. The van der Waals surface area contributed by atoms with E-state index in [1.165, 1.54) is 17.8 Å². The smallest absolute Gasteiger partial charge is 0.0385 e. The van der Waals surface area contributed by atoms with Crippen LogP contribution in [0.1, 0.15) is 40.0 Å². The van der Waals surface area contributed by atoms with Crippen molar-refractivity contribution in [1.82, 2.24) is 0 Å². The molecular weight excluding hydrogens is 244 g/mol. The molecule has 1 aliphatic rings. The molecule has 0 saturated carbocycles. The predicted molar refractivity (Wildman–Crippen MR) is 89.1 cm³/mol. The minimum Gasteiger partial charge on any atom is -0.383 e. The summed E-state index contributed by atoms with van der Waals surface area (Å²) in [5.41, 5.74) is 3.53. The van der Waals surface area contributed by atoms with Gasteiger partial charge < -0.3 is 10.6 Å². The molecule has 0 bridgehead atoms. The minimum absolute atomic E-state index is 0.512. The van der Waals surface area contributed by atoms with Crippen LogP contribution in [0.3, 0.4) is 0 Å². The monoisotopic (exact) mass is 270 g/mol. The van der Waals surface area contributed by atoms with Gasteiger partial charge in [-0.05, 0) is 62.4 Å². The van der Waals surface area contributed by atoms with Gasteiger partial charge in [0, 0.05) is 23.1 Å². The van der Waals surface area contributed by atoms with Crippen LogP contribution in [0.25, 0.3) is 0 Å². The first kappa shape index (κ1) is 14.7. The normalized spacial score (nSPS) is 15.9. The number of anilines is 2. The van der Waals surface area contributed by atoms with Crippen molar-refractivity contribution in [2.75, 3.05) is 10.6 Å². The van der Waals surface area contributed by atoms with Crippen LogP contribution in [0.5, 0.6) is 0 Å². The molecular formula is C18H26N2. The van der Waals surface area contributed by atoms with Crippen LogP contribution in [0.15, 0.2) is 48.2 Å². The molecule has 0 amide bonds. The quantitative estimate of drug-likeness (QED) is 0.744. The molecule has 108 valence electrons. The third kappa shape index (κ3) is 4.76. The van der Waals surface area contributed by atoms with Crippen molar-refractivity contribution in [3.05, 3.63) is 48.2 Å². The summed E-state index contributed by atoms with van der Waals surface area (Å²) in [5, 5.41) is 6.99. The molecule has 0 aliphatic heterocycles. The van der Waals surface area contributed by atoms with E-state index in [1.807, 2.05) is 0 Å². The van der Waals surface area contributed by atoms with E-state index in [0.717, 1.165) is 24.4 Å². The average molecular weight is 270 g/mol. The van der Waals surface area contributed by atoms with Gasteiger partial charge in [-0.15, -0.1) is 0 Å². The van der Waals surface area contributed by atoms with Gasteiger partial charge in [-0.1, -0.05) is 26.0 Å². The van der Waals surface area contributed by atoms with Gasteiger partial charge in [0.15, 0.2) is 0 Å². The van der Waals surface area contributed by atoms with Crippen molar-refractivity contribution in [3.8, 4) is 0 Å². The van der Waals surface area contributed by atoms with Gasteiger partial charge in [0.1, 0.15) is 0 Å². The lowest BCUT2D eigenvalue weighted by atomic mass is 10.1. The maximum atomic E-state index is 3.55. The highest BCUT2D eigenvalue weighted by molar-refractivity contribution is 5.57. The predicted octanol–water partition coefficient (Wildman–Crippen LogP) is 5.18.